The van der Waals surface area contributed by atoms with Crippen molar-refractivity contribution in [2.24, 2.45) is 0 Å². The van der Waals surface area contributed by atoms with E-state index in [-0.39, 0.29) is 23.8 Å². The van der Waals surface area contributed by atoms with Crippen LogP contribution in [0.1, 0.15) is 35.6 Å². The molecule has 2 amide bonds. The minimum Gasteiger partial charge on any atom is -0.354 e. The van der Waals surface area contributed by atoms with Crippen LogP contribution >= 0.6 is 11.6 Å². The maximum absolute atomic E-state index is 14.5. The van der Waals surface area contributed by atoms with Crippen LogP contribution in [0.25, 0.3) is 0 Å². The number of hydrogen-bond donors (Lipinski definition) is 1. The Morgan fingerprint density at radius 3 is 2.14 bits per heavy atom. The molecule has 0 aliphatic rings. The van der Waals surface area contributed by atoms with E-state index in [0.29, 0.717) is 22.8 Å². The molecule has 1 unspecified atom stereocenters. The first-order valence-electron chi connectivity index (χ1n) is 14.6. The lowest BCUT2D eigenvalue weighted by Gasteiger charge is -2.34. The second-order valence-electron chi connectivity index (χ2n) is 10.8. The van der Waals surface area contributed by atoms with Gasteiger partial charge in [-0.15, -0.1) is 0 Å². The van der Waals surface area contributed by atoms with Gasteiger partial charge in [0.1, 0.15) is 12.6 Å². The zero-order valence-electron chi connectivity index (χ0n) is 25.2. The van der Waals surface area contributed by atoms with Crippen LogP contribution in [0.4, 0.5) is 5.69 Å². The standard InChI is InChI=1S/C35H38ClN3O4S/c1-4-20-37-35(41)33(23-28-13-7-5-8-14-28)38(24-29-15-11-12-26(2)21-29)34(40)25-39(32-19-18-30(36)22-27(32)3)44(42,43)31-16-9-6-10-17-31/h5-19,21-22,33H,4,20,23-25H2,1-3H3,(H,37,41). The number of rotatable bonds is 13. The summed E-state index contributed by atoms with van der Waals surface area (Å²) in [5.74, 6) is -0.801. The van der Waals surface area contributed by atoms with Gasteiger partial charge in [0.2, 0.25) is 11.8 Å². The largest absolute Gasteiger partial charge is 0.354 e. The third kappa shape index (κ3) is 8.27. The van der Waals surface area contributed by atoms with Crippen molar-refractivity contribution >= 4 is 39.1 Å². The van der Waals surface area contributed by atoms with Crippen molar-refractivity contribution in [2.45, 2.75) is 51.1 Å². The molecule has 4 aromatic rings. The molecule has 0 aliphatic carbocycles. The van der Waals surface area contributed by atoms with Gasteiger partial charge in [-0.1, -0.05) is 96.9 Å². The quantitative estimate of drug-likeness (QED) is 0.187. The van der Waals surface area contributed by atoms with Crippen molar-refractivity contribution < 1.29 is 18.0 Å². The Kier molecular flexibility index (Phi) is 11.2. The molecule has 0 heterocycles. The Morgan fingerprint density at radius 1 is 0.841 bits per heavy atom. The third-order valence-corrected chi connectivity index (χ3v) is 9.30. The van der Waals surface area contributed by atoms with E-state index in [4.69, 9.17) is 11.6 Å². The van der Waals surface area contributed by atoms with Gasteiger partial charge in [0.25, 0.3) is 10.0 Å². The molecule has 0 aliphatic heterocycles. The lowest BCUT2D eigenvalue weighted by molar-refractivity contribution is -0.140. The summed E-state index contributed by atoms with van der Waals surface area (Å²) in [6.45, 7) is 5.73. The van der Waals surface area contributed by atoms with Crippen molar-refractivity contribution in [1.82, 2.24) is 10.2 Å². The van der Waals surface area contributed by atoms with Crippen LogP contribution in [0.15, 0.2) is 108 Å². The van der Waals surface area contributed by atoms with Crippen molar-refractivity contribution in [3.05, 3.63) is 130 Å². The molecule has 0 saturated carbocycles. The smallest absolute Gasteiger partial charge is 0.264 e. The van der Waals surface area contributed by atoms with Gasteiger partial charge in [-0.3, -0.25) is 13.9 Å². The molecule has 0 aromatic heterocycles. The average Bonchev–Trinajstić information content (AvgIpc) is 3.01. The summed E-state index contributed by atoms with van der Waals surface area (Å²) in [6, 6.07) is 29.2. The predicted octanol–water partition coefficient (Wildman–Crippen LogP) is 6.32. The highest BCUT2D eigenvalue weighted by Crippen LogP contribution is 2.29. The van der Waals surface area contributed by atoms with Crippen LogP contribution in [-0.4, -0.2) is 44.3 Å². The molecule has 0 fully saturated rings. The van der Waals surface area contributed by atoms with Crippen molar-refractivity contribution in [1.29, 1.82) is 0 Å². The first kappa shape index (κ1) is 32.8. The molecule has 4 rings (SSSR count). The summed E-state index contributed by atoms with van der Waals surface area (Å²) in [6.07, 6.45) is 0.994. The Morgan fingerprint density at radius 2 is 1.50 bits per heavy atom. The van der Waals surface area contributed by atoms with E-state index in [1.54, 1.807) is 43.3 Å². The van der Waals surface area contributed by atoms with Crippen LogP contribution in [-0.2, 0) is 32.6 Å². The maximum Gasteiger partial charge on any atom is 0.264 e. The number of aryl methyl sites for hydroxylation is 2. The molecule has 7 nitrogen and oxygen atoms in total. The summed E-state index contributed by atoms with van der Waals surface area (Å²) in [5.41, 5.74) is 3.65. The maximum atomic E-state index is 14.5. The number of sulfonamides is 1. The van der Waals surface area contributed by atoms with E-state index in [2.05, 4.69) is 5.32 Å². The lowest BCUT2D eigenvalue weighted by atomic mass is 10.0. The van der Waals surface area contributed by atoms with Crippen molar-refractivity contribution in [2.75, 3.05) is 17.4 Å². The van der Waals surface area contributed by atoms with Gasteiger partial charge in [0.05, 0.1) is 10.6 Å². The molecule has 9 heteroatoms. The van der Waals surface area contributed by atoms with E-state index in [0.717, 1.165) is 27.4 Å². The van der Waals surface area contributed by atoms with Crippen LogP contribution in [0, 0.1) is 13.8 Å². The fourth-order valence-corrected chi connectivity index (χ4v) is 6.79. The zero-order valence-corrected chi connectivity index (χ0v) is 26.8. The molecule has 4 aromatic carbocycles. The summed E-state index contributed by atoms with van der Waals surface area (Å²) < 4.78 is 29.3. The average molecular weight is 632 g/mol. The van der Waals surface area contributed by atoms with Gasteiger partial charge in [0.15, 0.2) is 0 Å². The molecule has 0 saturated heterocycles. The highest BCUT2D eigenvalue weighted by atomic mass is 35.5. The van der Waals surface area contributed by atoms with Crippen LogP contribution in [0.2, 0.25) is 5.02 Å². The Labute approximate surface area is 265 Å². The Bertz CT molecular complexity index is 1680. The fraction of sp³-hybridized carbons (Fsp3) is 0.257. The third-order valence-electron chi connectivity index (χ3n) is 7.29. The monoisotopic (exact) mass is 631 g/mol. The fourth-order valence-electron chi connectivity index (χ4n) is 5.06. The van der Waals surface area contributed by atoms with Gasteiger partial charge >= 0.3 is 0 Å². The highest BCUT2D eigenvalue weighted by molar-refractivity contribution is 7.92. The van der Waals surface area contributed by atoms with Gasteiger partial charge < -0.3 is 10.2 Å². The van der Waals surface area contributed by atoms with Gasteiger partial charge in [-0.05, 0) is 67.3 Å². The van der Waals surface area contributed by atoms with Crippen LogP contribution in [0.5, 0.6) is 0 Å². The number of nitrogens with zero attached hydrogens (tertiary/aromatic N) is 2. The second kappa shape index (κ2) is 15.0. The zero-order chi connectivity index (χ0) is 31.7. The van der Waals surface area contributed by atoms with Gasteiger partial charge in [-0.2, -0.15) is 0 Å². The minimum atomic E-state index is -4.17. The number of nitrogens with one attached hydrogen (secondary N) is 1. The SMILES string of the molecule is CCCNC(=O)C(Cc1ccccc1)N(Cc1cccc(C)c1)C(=O)CN(c1ccc(Cl)cc1C)S(=O)(=O)c1ccccc1. The molecular formula is C35H38ClN3O4S. The van der Waals surface area contributed by atoms with Crippen molar-refractivity contribution in [3.8, 4) is 0 Å². The molecule has 0 radical (unpaired) electrons. The van der Waals surface area contributed by atoms with Gasteiger partial charge in [0, 0.05) is 24.5 Å². The summed E-state index contributed by atoms with van der Waals surface area (Å²) >= 11 is 6.22. The summed E-state index contributed by atoms with van der Waals surface area (Å²) in [7, 11) is -4.17. The second-order valence-corrected chi connectivity index (χ2v) is 13.1. The van der Waals surface area contributed by atoms with E-state index in [1.807, 2.05) is 68.4 Å². The number of carbonyl (C=O) groups is 2. The van der Waals surface area contributed by atoms with E-state index in [1.165, 1.54) is 17.0 Å². The Hall–Kier alpha value is -4.14. The Balaban J connectivity index is 1.81. The number of halogens is 1. The van der Waals surface area contributed by atoms with Gasteiger partial charge in [-0.25, -0.2) is 8.42 Å². The number of anilines is 1. The first-order chi connectivity index (χ1) is 21.1. The van der Waals surface area contributed by atoms with Crippen LogP contribution in [0.3, 0.4) is 0 Å². The molecular weight excluding hydrogens is 594 g/mol. The predicted molar refractivity (Wildman–Crippen MR) is 176 cm³/mol. The number of amides is 2. The van der Waals surface area contributed by atoms with E-state index in [9.17, 15) is 18.0 Å². The molecule has 1 atom stereocenters. The normalized spacial score (nSPS) is 11.9. The van der Waals surface area contributed by atoms with E-state index < -0.39 is 28.5 Å². The molecule has 1 N–H and O–H groups in total. The molecule has 0 spiro atoms. The highest BCUT2D eigenvalue weighted by Gasteiger charge is 2.35. The van der Waals surface area contributed by atoms with Crippen LogP contribution < -0.4 is 9.62 Å². The van der Waals surface area contributed by atoms with E-state index >= 15 is 0 Å². The number of carbonyl (C=O) groups excluding carboxylic acids is 2. The summed E-state index contributed by atoms with van der Waals surface area (Å²) in [4.78, 5) is 29.8. The lowest BCUT2D eigenvalue weighted by Crippen LogP contribution is -2.53. The van der Waals surface area contributed by atoms with Crippen molar-refractivity contribution in [3.63, 3.8) is 0 Å². The number of hydrogen-bond acceptors (Lipinski definition) is 4. The summed E-state index contributed by atoms with van der Waals surface area (Å²) in [5, 5.41) is 3.41. The molecule has 230 valence electrons. The topological polar surface area (TPSA) is 86.8 Å². The number of benzene rings is 4. The molecule has 0 bridgehead atoms. The first-order valence-corrected chi connectivity index (χ1v) is 16.4. The minimum absolute atomic E-state index is 0.0499. The molecule has 44 heavy (non-hydrogen) atoms.